The summed E-state index contributed by atoms with van der Waals surface area (Å²) in [4.78, 5) is 45.6. The number of fused-ring (bicyclic) bond motifs is 1. The molecule has 4 aliphatic rings. The fourth-order valence-electron chi connectivity index (χ4n) is 6.80. The van der Waals surface area contributed by atoms with Crippen molar-refractivity contribution >= 4 is 51.5 Å². The molecule has 2 heterocycles. The lowest BCUT2D eigenvalue weighted by molar-refractivity contribution is -0.117. The first-order valence-corrected chi connectivity index (χ1v) is 18.9. The van der Waals surface area contributed by atoms with Crippen molar-refractivity contribution in [3.8, 4) is 11.5 Å². The summed E-state index contributed by atoms with van der Waals surface area (Å²) >= 11 is 7.95. The lowest BCUT2D eigenvalue weighted by atomic mass is 9.85. The van der Waals surface area contributed by atoms with E-state index in [0.717, 1.165) is 83.9 Å². The van der Waals surface area contributed by atoms with Crippen molar-refractivity contribution in [3.05, 3.63) is 39.8 Å². The van der Waals surface area contributed by atoms with Gasteiger partial charge in [0.15, 0.2) is 0 Å². The monoisotopic (exact) mass is 710 g/mol. The average Bonchev–Trinajstić information content (AvgIpc) is 4.02. The summed E-state index contributed by atoms with van der Waals surface area (Å²) in [6.45, 7) is 8.02. The number of nitrogens with one attached hydrogen (secondary N) is 2. The predicted molar refractivity (Wildman–Crippen MR) is 195 cm³/mol. The van der Waals surface area contributed by atoms with Gasteiger partial charge in [0.05, 0.1) is 24.8 Å². The number of aryl methyl sites for hydroxylation is 1. The Hall–Kier alpha value is -3.38. The number of likely N-dealkylation sites (tertiary alicyclic amines) is 1. The molecular weight excluding hydrogens is 661 g/mol. The molecule has 6 rings (SSSR count). The Kier molecular flexibility index (Phi) is 10.7. The fraction of sp³-hybridized carbons (Fsp3) is 0.622. The summed E-state index contributed by atoms with van der Waals surface area (Å²) < 4.78 is 16.9. The summed E-state index contributed by atoms with van der Waals surface area (Å²) in [7, 11) is 3.30. The van der Waals surface area contributed by atoms with Crippen molar-refractivity contribution in [2.75, 3.05) is 39.2 Å². The average molecular weight is 711 g/mol. The van der Waals surface area contributed by atoms with E-state index in [9.17, 15) is 14.4 Å². The third-order valence-corrected chi connectivity index (χ3v) is 11.7. The van der Waals surface area contributed by atoms with E-state index < -0.39 is 5.60 Å². The van der Waals surface area contributed by atoms with Crippen LogP contribution >= 0.6 is 23.6 Å². The number of hydrogen-bond acceptors (Lipinski definition) is 8. The molecule has 2 aromatic rings. The number of carbonyl (C=O) groups excluding carboxylic acids is 3. The molecule has 1 aromatic carbocycles. The Morgan fingerprint density at radius 2 is 1.73 bits per heavy atom. The molecule has 3 amide bonds. The van der Waals surface area contributed by atoms with Gasteiger partial charge >= 0.3 is 6.09 Å². The number of amides is 3. The van der Waals surface area contributed by atoms with E-state index in [1.165, 1.54) is 0 Å². The topological polar surface area (TPSA) is 109 Å². The highest BCUT2D eigenvalue weighted by atomic mass is 32.1. The fourth-order valence-corrected chi connectivity index (χ4v) is 8.46. The van der Waals surface area contributed by atoms with E-state index in [-0.39, 0.29) is 35.8 Å². The van der Waals surface area contributed by atoms with E-state index in [2.05, 4.69) is 15.5 Å². The third-order valence-electron chi connectivity index (χ3n) is 9.95. The normalized spacial score (nSPS) is 19.4. The highest BCUT2D eigenvalue weighted by Crippen LogP contribution is 2.42. The molecule has 0 unspecified atom stereocenters. The maximum Gasteiger partial charge on any atom is 0.410 e. The Balaban J connectivity index is 1.25. The molecule has 3 fully saturated rings. The first-order valence-electron chi connectivity index (χ1n) is 17.7. The van der Waals surface area contributed by atoms with Gasteiger partial charge in [0.1, 0.15) is 22.1 Å². The molecule has 1 saturated heterocycles. The Labute approximate surface area is 299 Å². The number of piperidine rings is 1. The van der Waals surface area contributed by atoms with Crippen LogP contribution in [0, 0.1) is 17.8 Å². The van der Waals surface area contributed by atoms with Crippen LogP contribution < -0.4 is 20.1 Å². The van der Waals surface area contributed by atoms with Crippen LogP contribution in [0.2, 0.25) is 0 Å². The highest BCUT2D eigenvalue weighted by molar-refractivity contribution is 7.80. The van der Waals surface area contributed by atoms with Crippen LogP contribution in [0.3, 0.4) is 0 Å². The standard InChI is InChI=1S/C37H50N4O6S2/c1-37(2,3)47-36(44)40-16-14-26(15-17-40)41(21-25-10-12-27(45-4)19-29(25)46-5)35(48)24-11-13-30-28(18-24)31(33(43)38-20-22-6-7-22)34(49-30)39-32(42)23-8-9-23/h10,12,19,22-24,26H,6-9,11,13-18,20-21H2,1-5H3,(H,38,43)(H,39,42)/t24-/m0/s1. The molecule has 1 aromatic heterocycles. The van der Waals surface area contributed by atoms with E-state index in [1.54, 1.807) is 30.5 Å². The number of methoxy groups -OCH3 is 2. The number of ether oxygens (including phenoxy) is 3. The number of benzene rings is 1. The minimum atomic E-state index is -0.553. The van der Waals surface area contributed by atoms with Crippen LogP contribution in [0.25, 0.3) is 0 Å². The molecule has 0 spiro atoms. The Bertz CT molecular complexity index is 1570. The molecule has 1 atom stereocenters. The first kappa shape index (κ1) is 35.4. The zero-order valence-corrected chi connectivity index (χ0v) is 31.0. The quantitative estimate of drug-likeness (QED) is 0.252. The van der Waals surface area contributed by atoms with Gasteiger partial charge in [0.25, 0.3) is 5.91 Å². The number of thiophene rings is 1. The van der Waals surface area contributed by atoms with Gasteiger partial charge in [-0.2, -0.15) is 0 Å². The summed E-state index contributed by atoms with van der Waals surface area (Å²) in [6.07, 6.45) is 7.62. The van der Waals surface area contributed by atoms with Crippen molar-refractivity contribution in [2.45, 2.75) is 96.7 Å². The van der Waals surface area contributed by atoms with Gasteiger partial charge in [0.2, 0.25) is 5.91 Å². The van der Waals surface area contributed by atoms with E-state index in [1.807, 2.05) is 39.0 Å². The second kappa shape index (κ2) is 14.8. The van der Waals surface area contributed by atoms with Crippen molar-refractivity contribution in [1.82, 2.24) is 15.1 Å². The summed E-state index contributed by atoms with van der Waals surface area (Å²) in [5, 5.41) is 6.96. The van der Waals surface area contributed by atoms with Gasteiger partial charge in [-0.05, 0) is 102 Å². The maximum atomic E-state index is 13.7. The van der Waals surface area contributed by atoms with Crippen molar-refractivity contribution in [1.29, 1.82) is 0 Å². The summed E-state index contributed by atoms with van der Waals surface area (Å²) in [5.74, 6) is 1.99. The van der Waals surface area contributed by atoms with Crippen LogP contribution in [0.1, 0.15) is 92.1 Å². The number of rotatable bonds is 11. The second-order valence-corrected chi connectivity index (χ2v) is 16.4. The van der Waals surface area contributed by atoms with Crippen LogP contribution in [-0.4, -0.2) is 78.2 Å². The molecule has 10 nitrogen and oxygen atoms in total. The van der Waals surface area contributed by atoms with Crippen LogP contribution in [0.5, 0.6) is 11.5 Å². The van der Waals surface area contributed by atoms with Crippen molar-refractivity contribution in [2.24, 2.45) is 17.8 Å². The number of nitrogens with zero attached hydrogens (tertiary/aromatic N) is 2. The van der Waals surface area contributed by atoms with E-state index in [0.29, 0.717) is 49.1 Å². The summed E-state index contributed by atoms with van der Waals surface area (Å²) in [5.41, 5.74) is 2.08. The molecular formula is C37H50N4O6S2. The molecule has 3 aliphatic carbocycles. The van der Waals surface area contributed by atoms with Crippen LogP contribution in [0.15, 0.2) is 18.2 Å². The summed E-state index contributed by atoms with van der Waals surface area (Å²) in [6, 6.07) is 5.96. The van der Waals surface area contributed by atoms with Gasteiger partial charge in [-0.1, -0.05) is 12.2 Å². The molecule has 2 N–H and O–H groups in total. The van der Waals surface area contributed by atoms with Crippen LogP contribution in [-0.2, 0) is 28.9 Å². The lowest BCUT2D eigenvalue weighted by Crippen LogP contribution is -2.50. The minimum Gasteiger partial charge on any atom is -0.497 e. The number of hydrogen-bond donors (Lipinski definition) is 2. The third kappa shape index (κ3) is 8.68. The second-order valence-electron chi connectivity index (χ2n) is 14.9. The molecule has 1 aliphatic heterocycles. The zero-order chi connectivity index (χ0) is 34.9. The largest absolute Gasteiger partial charge is 0.497 e. The number of carbonyl (C=O) groups is 3. The minimum absolute atomic E-state index is 0.0132. The van der Waals surface area contributed by atoms with Crippen LogP contribution in [0.4, 0.5) is 9.80 Å². The SMILES string of the molecule is COc1ccc(CN(C(=S)[C@H]2CCc3sc(NC(=O)C4CC4)c(C(=O)NCC4CC4)c3C2)C2CCN(C(=O)OC(C)(C)C)CC2)c(OC)c1. The van der Waals surface area contributed by atoms with Gasteiger partial charge in [-0.3, -0.25) is 9.59 Å². The molecule has 49 heavy (non-hydrogen) atoms. The van der Waals surface area contributed by atoms with Gasteiger partial charge in [-0.15, -0.1) is 11.3 Å². The van der Waals surface area contributed by atoms with Gasteiger partial charge in [0, 0.05) is 60.6 Å². The molecule has 0 bridgehead atoms. The number of anilines is 1. The Morgan fingerprint density at radius 1 is 1.00 bits per heavy atom. The van der Waals surface area contributed by atoms with Gasteiger partial charge in [-0.25, -0.2) is 4.79 Å². The zero-order valence-electron chi connectivity index (χ0n) is 29.4. The maximum absolute atomic E-state index is 13.7. The molecule has 2 saturated carbocycles. The molecule has 266 valence electrons. The Morgan fingerprint density at radius 3 is 2.37 bits per heavy atom. The van der Waals surface area contributed by atoms with E-state index in [4.69, 9.17) is 26.4 Å². The number of thiocarbonyl (C=S) groups is 1. The first-order chi connectivity index (χ1) is 23.4. The van der Waals surface area contributed by atoms with Gasteiger partial charge < -0.3 is 34.6 Å². The van der Waals surface area contributed by atoms with E-state index >= 15 is 0 Å². The van der Waals surface area contributed by atoms with Crippen molar-refractivity contribution in [3.63, 3.8) is 0 Å². The molecule has 0 radical (unpaired) electrons. The molecule has 12 heteroatoms. The lowest BCUT2D eigenvalue weighted by Gasteiger charge is -2.42. The predicted octanol–water partition coefficient (Wildman–Crippen LogP) is 6.59. The highest BCUT2D eigenvalue weighted by Gasteiger charge is 2.38. The van der Waals surface area contributed by atoms with Crippen molar-refractivity contribution < 1.29 is 28.6 Å². The smallest absolute Gasteiger partial charge is 0.410 e.